The summed E-state index contributed by atoms with van der Waals surface area (Å²) in [6, 6.07) is -6.38. The van der Waals surface area contributed by atoms with E-state index in [1.54, 1.807) is 39.5 Å². The largest absolute Gasteiger partial charge is 0.354 e. The molecule has 0 spiro atoms. The van der Waals surface area contributed by atoms with Crippen LogP contribution in [-0.4, -0.2) is 260 Å². The smallest absolute Gasteiger partial charge is 0.248 e. The highest BCUT2D eigenvalue weighted by molar-refractivity contribution is 6.03. The topological polar surface area (TPSA) is 447 Å². The number of nitrogens with zero attached hydrogens (tertiary/aromatic N) is 4. The first-order valence-electron chi connectivity index (χ1n) is 43.3. The maximum Gasteiger partial charge on any atom is 0.248 e. The van der Waals surface area contributed by atoms with E-state index in [-0.39, 0.29) is 101 Å². The third-order valence-electron chi connectivity index (χ3n) is 24.0. The predicted octanol–water partition coefficient (Wildman–Crippen LogP) is 1.01. The van der Waals surface area contributed by atoms with E-state index in [1.807, 2.05) is 34.6 Å². The Morgan fingerprint density at radius 2 is 0.839 bits per heavy atom. The number of carbonyl (C=O) groups excluding carboxylic acids is 16. The predicted molar refractivity (Wildman–Crippen MR) is 445 cm³/mol. The number of hydrogen-bond donors (Lipinski definition) is 14. The molecule has 5 rings (SSSR count). The molecule has 0 aromatic rings. The van der Waals surface area contributed by atoms with Crippen molar-refractivity contribution in [1.29, 1.82) is 0 Å². The molecule has 118 heavy (non-hydrogen) atoms. The lowest BCUT2D eigenvalue weighted by atomic mass is 9.90. The second-order valence-electron chi connectivity index (χ2n) is 37.5. The van der Waals surface area contributed by atoms with Crippen molar-refractivity contribution in [1.82, 2.24) is 88.7 Å². The highest BCUT2D eigenvalue weighted by atomic mass is 16.2. The molecule has 0 aliphatic carbocycles. The normalized spacial score (nSPS) is 21.4. The van der Waals surface area contributed by atoms with Crippen molar-refractivity contribution in [2.45, 2.75) is 362 Å². The highest BCUT2D eigenvalue weighted by Gasteiger charge is 2.49. The fourth-order valence-electron chi connectivity index (χ4n) is 16.1. The van der Waals surface area contributed by atoms with E-state index in [9.17, 15) is 76.7 Å². The Balaban J connectivity index is 1.09. The molecular weight excluding hydrogens is 1520 g/mol. The first kappa shape index (κ1) is 100. The van der Waals surface area contributed by atoms with E-state index in [1.165, 1.54) is 90.4 Å². The Hall–Kier alpha value is -8.56. The molecule has 5 aliphatic rings. The molecule has 34 nitrogen and oxygen atoms in total. The van der Waals surface area contributed by atoms with Crippen LogP contribution in [0.4, 0.5) is 0 Å². The molecule has 0 radical (unpaired) electrons. The number of carbonyl (C=O) groups is 16. The Kier molecular flexibility index (Phi) is 36.5. The minimum absolute atomic E-state index is 0.0488. The summed E-state index contributed by atoms with van der Waals surface area (Å²) in [6.45, 7) is 40.0. The highest BCUT2D eigenvalue weighted by Crippen LogP contribution is 2.28. The van der Waals surface area contributed by atoms with Crippen molar-refractivity contribution in [2.75, 3.05) is 58.9 Å². The lowest BCUT2D eigenvalue weighted by Gasteiger charge is -2.42. The number of quaternary nitrogens is 1. The van der Waals surface area contributed by atoms with Crippen LogP contribution in [0.15, 0.2) is 0 Å². The molecule has 0 saturated carbocycles. The number of amides is 16. The molecule has 5 aliphatic heterocycles. The quantitative estimate of drug-likeness (QED) is 0.0407. The maximum absolute atomic E-state index is 14.5. The Labute approximate surface area is 700 Å². The van der Waals surface area contributed by atoms with E-state index >= 15 is 0 Å². The van der Waals surface area contributed by atoms with Crippen LogP contribution in [0.3, 0.4) is 0 Å². The minimum Gasteiger partial charge on any atom is -0.354 e. The summed E-state index contributed by atoms with van der Waals surface area (Å²) in [7, 11) is 0. The number of likely N-dealkylation sites (tertiary alicyclic amines) is 3. The standard InChI is InChI=1S/C84H146N18O16/c1-23-82(20,73(114)88-56(46-51(4)5)50-99-42-33-41-98-40-32-37-64(98)99)94-67(108)58(48-53(8)9)89-65(106)54(10)87-71(112)78(12,13)92-69(110)60-35-27-30-44-101(60)77(118)81(18,19)96-72(113)79(14,15)91-63(105)49-86-62(104)38-39-85-66(107)57(47-52(6)7)90-74(115)83(21,24-2)97-75(116)84(22,25-3)95-70(111)61-36-28-31-45-102(61)76(117)80(16,17)93-68(109)59-34-26-29-43-100(59)55(11)103/h51-54,56-61,64H,23-50H2,1-22H3,(H,85,107)(H,86,104)(H,87,112)(H,88,114)(H,89,106)(H,90,115)(H,91,105)(H,92,110)(H,93,109)(H,94,108)(H,95,111)(H,96,113)(H,97,116)/p+1/t54-,56-,57-,58-,59-,60-,61-,64?,82-,83-,84-/m0/s1. The van der Waals surface area contributed by atoms with Crippen LogP contribution in [0.5, 0.6) is 0 Å². The van der Waals surface area contributed by atoms with E-state index in [4.69, 9.17) is 0 Å². The SMILES string of the molecule is CC[C@](C)(NC(=O)[C@H](CC(C)C)NC(=O)[C@H](C)NC(=O)C(C)(C)NC(=O)[C@@H]1CCCCN1C(=O)C(C)(C)NC(=O)C(C)(C)NC(=O)CNC(=O)CCNC(=O)[C@H](CC(C)C)NC(=O)[C@](C)(CC)NC(=O)[C@](C)(CC)NC(=O)[C@@H]1CCCCN1C(=O)C(C)(C)NC(=O)[C@@H]1CCCCN1C(C)=O)C(=O)N[C@@H](CC(C)C)CN1CCC[NH+]2CCCC12. The Morgan fingerprint density at radius 1 is 0.390 bits per heavy atom. The van der Waals surface area contributed by atoms with E-state index in [2.05, 4.69) is 87.9 Å². The minimum atomic E-state index is -1.67. The molecule has 16 amide bonds. The van der Waals surface area contributed by atoms with Gasteiger partial charge in [0.05, 0.1) is 19.6 Å². The maximum atomic E-state index is 14.5. The second kappa shape index (κ2) is 43.1. The molecule has 34 heteroatoms. The Morgan fingerprint density at radius 3 is 1.36 bits per heavy atom. The molecule has 5 heterocycles. The van der Waals surface area contributed by atoms with Crippen molar-refractivity contribution >= 4 is 94.5 Å². The summed E-state index contributed by atoms with van der Waals surface area (Å²) in [5.41, 5.74) is -11.0. The summed E-state index contributed by atoms with van der Waals surface area (Å²) < 4.78 is 0. The van der Waals surface area contributed by atoms with E-state index < -0.39 is 164 Å². The average Bonchev–Trinajstić information content (AvgIpc) is 0.983. The fourth-order valence-corrected chi connectivity index (χ4v) is 16.1. The molecule has 14 N–H and O–H groups in total. The van der Waals surface area contributed by atoms with Crippen LogP contribution >= 0.6 is 0 Å². The van der Waals surface area contributed by atoms with Crippen LogP contribution in [0.25, 0.3) is 0 Å². The van der Waals surface area contributed by atoms with Gasteiger partial charge in [-0.2, -0.15) is 0 Å². The molecule has 0 aromatic heterocycles. The number of piperidine rings is 3. The van der Waals surface area contributed by atoms with Gasteiger partial charge in [0, 0.05) is 77.9 Å². The van der Waals surface area contributed by atoms with Gasteiger partial charge in [-0.1, -0.05) is 62.3 Å². The van der Waals surface area contributed by atoms with Crippen molar-refractivity contribution in [3.63, 3.8) is 0 Å². The third-order valence-corrected chi connectivity index (χ3v) is 24.0. The van der Waals surface area contributed by atoms with Crippen molar-refractivity contribution in [3.8, 4) is 0 Å². The van der Waals surface area contributed by atoms with Crippen molar-refractivity contribution in [2.24, 2.45) is 17.8 Å². The molecule has 12 atom stereocenters. The lowest BCUT2D eigenvalue weighted by molar-refractivity contribution is -0.930. The molecular formula is C84H147N18O16+. The second-order valence-corrected chi connectivity index (χ2v) is 37.5. The van der Waals surface area contributed by atoms with Gasteiger partial charge < -0.3 is 88.7 Å². The van der Waals surface area contributed by atoms with Gasteiger partial charge in [-0.25, -0.2) is 0 Å². The van der Waals surface area contributed by atoms with Crippen LogP contribution in [-0.2, 0) is 76.7 Å². The fraction of sp³-hybridized carbons (Fsp3) is 0.810. The zero-order chi connectivity index (χ0) is 89.0. The monoisotopic (exact) mass is 1660 g/mol. The van der Waals surface area contributed by atoms with Gasteiger partial charge in [-0.15, -0.1) is 0 Å². The van der Waals surface area contributed by atoms with E-state index in [0.717, 1.165) is 51.7 Å². The van der Waals surface area contributed by atoms with Crippen molar-refractivity contribution in [3.05, 3.63) is 0 Å². The first-order valence-corrected chi connectivity index (χ1v) is 43.3. The summed E-state index contributed by atoms with van der Waals surface area (Å²) in [6.07, 6.45) is 9.77. The molecule has 0 bridgehead atoms. The first-order chi connectivity index (χ1) is 54.8. The molecule has 2 unspecified atom stereocenters. The summed E-state index contributed by atoms with van der Waals surface area (Å²) in [5.74, 6) is -9.56. The number of fused-ring (bicyclic) bond motifs is 1. The zero-order valence-electron chi connectivity index (χ0n) is 75.0. The molecule has 5 saturated heterocycles. The lowest BCUT2D eigenvalue weighted by Crippen LogP contribution is -3.16. The van der Waals surface area contributed by atoms with Gasteiger partial charge in [0.1, 0.15) is 81.2 Å². The van der Waals surface area contributed by atoms with Gasteiger partial charge in [0.15, 0.2) is 0 Å². The van der Waals surface area contributed by atoms with Crippen molar-refractivity contribution < 1.29 is 81.6 Å². The van der Waals surface area contributed by atoms with Crippen LogP contribution in [0, 0.1) is 17.8 Å². The molecule has 0 aromatic carbocycles. The van der Waals surface area contributed by atoms with Gasteiger partial charge in [0.25, 0.3) is 0 Å². The van der Waals surface area contributed by atoms with Gasteiger partial charge >= 0.3 is 0 Å². The average molecular weight is 1670 g/mol. The van der Waals surface area contributed by atoms with Gasteiger partial charge in [-0.05, 0) is 197 Å². The molecule has 668 valence electrons. The number of rotatable bonds is 40. The summed E-state index contributed by atoms with van der Waals surface area (Å²) in [5, 5.41) is 36.2. The van der Waals surface area contributed by atoms with Gasteiger partial charge in [0.2, 0.25) is 94.5 Å². The van der Waals surface area contributed by atoms with E-state index in [0.29, 0.717) is 57.3 Å². The van der Waals surface area contributed by atoms with Gasteiger partial charge in [-0.3, -0.25) is 81.6 Å². The summed E-state index contributed by atoms with van der Waals surface area (Å²) >= 11 is 0. The number of nitrogens with one attached hydrogen (secondary N) is 14. The zero-order valence-corrected chi connectivity index (χ0v) is 75.0. The van der Waals surface area contributed by atoms with Crippen LogP contribution in [0.1, 0.15) is 274 Å². The van der Waals surface area contributed by atoms with Crippen LogP contribution < -0.4 is 74.0 Å². The van der Waals surface area contributed by atoms with Crippen LogP contribution in [0.2, 0.25) is 0 Å². The third kappa shape index (κ3) is 27.7. The Bertz CT molecular complexity index is 3600. The summed E-state index contributed by atoms with van der Waals surface area (Å²) in [4.78, 5) is 231. The molecule has 5 fully saturated rings. The number of hydrogen-bond acceptors (Lipinski definition) is 17.